The number of benzene rings is 1. The Morgan fingerprint density at radius 1 is 1.19 bits per heavy atom. The number of methoxy groups -OCH3 is 1. The van der Waals surface area contributed by atoms with Crippen molar-refractivity contribution < 1.29 is 9.84 Å². The Bertz CT molecular complexity index is 796. The van der Waals surface area contributed by atoms with E-state index in [-0.39, 0.29) is 5.75 Å². The second-order valence-electron chi connectivity index (χ2n) is 5.12. The highest BCUT2D eigenvalue weighted by molar-refractivity contribution is 7.13. The van der Waals surface area contributed by atoms with Crippen LogP contribution in [0.4, 0.5) is 0 Å². The van der Waals surface area contributed by atoms with Crippen LogP contribution in [-0.4, -0.2) is 17.1 Å². The van der Waals surface area contributed by atoms with E-state index in [1.807, 2.05) is 5.38 Å². The third-order valence-corrected chi connectivity index (χ3v) is 4.19. The predicted octanol–water partition coefficient (Wildman–Crippen LogP) is 3.56. The Balaban J connectivity index is 2.13. The van der Waals surface area contributed by atoms with Gasteiger partial charge in [0.1, 0.15) is 10.8 Å². The fourth-order valence-corrected chi connectivity index (χ4v) is 3.02. The normalized spacial score (nSPS) is 11.2. The molecule has 0 amide bonds. The van der Waals surface area contributed by atoms with Gasteiger partial charge in [-0.2, -0.15) is 0 Å². The van der Waals surface area contributed by atoms with Crippen molar-refractivity contribution in [3.8, 4) is 22.2 Å². The van der Waals surface area contributed by atoms with E-state index in [9.17, 15) is 5.11 Å². The van der Waals surface area contributed by atoms with Crippen molar-refractivity contribution in [3.05, 3.63) is 35.3 Å². The third-order valence-electron chi connectivity index (χ3n) is 3.31. The number of pyridine rings is 1. The summed E-state index contributed by atoms with van der Waals surface area (Å²) in [6, 6.07) is 6.84. The van der Waals surface area contributed by atoms with Crippen LogP contribution in [0.15, 0.2) is 29.6 Å². The average Bonchev–Trinajstić information content (AvgIpc) is 2.96. The Labute approximate surface area is 127 Å². The largest absolute Gasteiger partial charge is 0.872 e. The molecule has 0 radical (unpaired) electrons. The zero-order chi connectivity index (χ0) is 15.0. The second kappa shape index (κ2) is 5.33. The lowest BCUT2D eigenvalue weighted by molar-refractivity contribution is -0.265. The summed E-state index contributed by atoms with van der Waals surface area (Å²) >= 11 is 1.51. The van der Waals surface area contributed by atoms with Crippen molar-refractivity contribution in [1.82, 2.24) is 9.97 Å². The lowest BCUT2D eigenvalue weighted by atomic mass is 10.1. The molecule has 0 spiro atoms. The molecule has 0 bridgehead atoms. The van der Waals surface area contributed by atoms with Crippen LogP contribution in [0, 0.1) is 0 Å². The summed E-state index contributed by atoms with van der Waals surface area (Å²) in [7, 11) is 1.60. The van der Waals surface area contributed by atoms with Crippen LogP contribution in [0.5, 0.6) is 11.5 Å². The van der Waals surface area contributed by atoms with Gasteiger partial charge < -0.3 is 9.84 Å². The number of thiazole rings is 1. The van der Waals surface area contributed by atoms with Gasteiger partial charge in [-0.25, -0.2) is 9.97 Å². The smallest absolute Gasteiger partial charge is 0.142 e. The lowest BCUT2D eigenvalue weighted by Crippen LogP contribution is -1.96. The quantitative estimate of drug-likeness (QED) is 0.742. The number of aromatic nitrogens is 2. The molecule has 3 aromatic rings. The molecule has 1 aromatic carbocycles. The van der Waals surface area contributed by atoms with Crippen LogP contribution in [0.1, 0.15) is 25.5 Å². The highest BCUT2D eigenvalue weighted by atomic mass is 32.1. The van der Waals surface area contributed by atoms with E-state index in [0.29, 0.717) is 28.3 Å². The van der Waals surface area contributed by atoms with Crippen LogP contribution in [0.25, 0.3) is 21.6 Å². The summed E-state index contributed by atoms with van der Waals surface area (Å²) in [6.45, 7) is 4.19. The molecule has 0 unspecified atom stereocenters. The Morgan fingerprint density at radius 2 is 2.00 bits per heavy atom. The number of fused-ring (bicyclic) bond motifs is 1. The molecule has 0 aliphatic carbocycles. The molecule has 0 aliphatic heterocycles. The van der Waals surface area contributed by atoms with Crippen LogP contribution in [0.3, 0.4) is 0 Å². The van der Waals surface area contributed by atoms with Crippen molar-refractivity contribution in [1.29, 1.82) is 0 Å². The molecule has 4 nitrogen and oxygen atoms in total. The van der Waals surface area contributed by atoms with Crippen molar-refractivity contribution in [2.45, 2.75) is 19.8 Å². The van der Waals surface area contributed by atoms with Crippen LogP contribution in [0.2, 0.25) is 0 Å². The maximum Gasteiger partial charge on any atom is 0.142 e. The molecule has 0 saturated carbocycles. The van der Waals surface area contributed by atoms with E-state index >= 15 is 0 Å². The molecule has 0 N–H and O–H groups in total. The molecule has 21 heavy (non-hydrogen) atoms. The first kappa shape index (κ1) is 13.8. The molecular weight excluding hydrogens is 284 g/mol. The molecule has 0 saturated heterocycles. The summed E-state index contributed by atoms with van der Waals surface area (Å²) in [5.41, 5.74) is 2.28. The molecular formula is C16H15N2O2S-. The van der Waals surface area contributed by atoms with Gasteiger partial charge in [0, 0.05) is 11.4 Å². The Kier molecular flexibility index (Phi) is 3.51. The van der Waals surface area contributed by atoms with Crippen molar-refractivity contribution in [2.75, 3.05) is 7.11 Å². The Hall–Kier alpha value is -2.14. The first-order valence-electron chi connectivity index (χ1n) is 6.70. The van der Waals surface area contributed by atoms with Crippen molar-refractivity contribution >= 4 is 22.2 Å². The summed E-state index contributed by atoms with van der Waals surface area (Å²) in [5, 5.41) is 15.6. The SMILES string of the molecule is COc1ccc2c([O-])cc(-c3nc(C(C)C)cs3)nc2c1. The number of ether oxygens (including phenoxy) is 1. The highest BCUT2D eigenvalue weighted by Crippen LogP contribution is 2.32. The molecule has 0 atom stereocenters. The van der Waals surface area contributed by atoms with Gasteiger partial charge in [0.2, 0.25) is 0 Å². The van der Waals surface area contributed by atoms with E-state index in [4.69, 9.17) is 4.74 Å². The maximum atomic E-state index is 12.2. The number of hydrogen-bond acceptors (Lipinski definition) is 5. The Morgan fingerprint density at radius 3 is 2.67 bits per heavy atom. The summed E-state index contributed by atoms with van der Waals surface area (Å²) < 4.78 is 5.19. The first-order chi connectivity index (χ1) is 10.1. The highest BCUT2D eigenvalue weighted by Gasteiger charge is 2.10. The molecule has 2 aromatic heterocycles. The molecule has 3 rings (SSSR count). The molecule has 0 fully saturated rings. The summed E-state index contributed by atoms with van der Waals surface area (Å²) in [5.74, 6) is 1.01. The van der Waals surface area contributed by atoms with E-state index in [0.717, 1.165) is 10.7 Å². The van der Waals surface area contributed by atoms with Crippen LogP contribution >= 0.6 is 11.3 Å². The van der Waals surface area contributed by atoms with Crippen molar-refractivity contribution in [2.24, 2.45) is 0 Å². The zero-order valence-corrected chi connectivity index (χ0v) is 12.9. The van der Waals surface area contributed by atoms with Crippen LogP contribution < -0.4 is 9.84 Å². The van der Waals surface area contributed by atoms with E-state index in [1.165, 1.54) is 11.3 Å². The predicted molar refractivity (Wildman–Crippen MR) is 82.9 cm³/mol. The number of hydrogen-bond donors (Lipinski definition) is 0. The van der Waals surface area contributed by atoms with E-state index in [1.54, 1.807) is 31.4 Å². The minimum Gasteiger partial charge on any atom is -0.872 e. The number of nitrogens with zero attached hydrogens (tertiary/aromatic N) is 2. The second-order valence-corrected chi connectivity index (χ2v) is 5.98. The van der Waals surface area contributed by atoms with E-state index < -0.39 is 0 Å². The third kappa shape index (κ3) is 2.56. The standard InChI is InChI=1S/C16H16N2O2S/c1-9(2)14-8-21-16(18-14)13-7-15(19)11-5-4-10(20-3)6-12(11)17-13/h4-9H,1-3H3,(H,17,19)/p-1. The molecule has 108 valence electrons. The van der Waals surface area contributed by atoms with Gasteiger partial charge >= 0.3 is 0 Å². The van der Waals surface area contributed by atoms with Crippen LogP contribution in [-0.2, 0) is 0 Å². The van der Waals surface area contributed by atoms with Gasteiger partial charge in [0.15, 0.2) is 0 Å². The van der Waals surface area contributed by atoms with E-state index in [2.05, 4.69) is 23.8 Å². The molecule has 2 heterocycles. The van der Waals surface area contributed by atoms with Gasteiger partial charge in [0.05, 0.1) is 24.0 Å². The lowest BCUT2D eigenvalue weighted by Gasteiger charge is -2.12. The number of rotatable bonds is 3. The molecule has 0 aliphatic rings. The van der Waals surface area contributed by atoms with Gasteiger partial charge in [0.25, 0.3) is 0 Å². The topological polar surface area (TPSA) is 58.1 Å². The fraction of sp³-hybridized carbons (Fsp3) is 0.250. The zero-order valence-electron chi connectivity index (χ0n) is 12.1. The monoisotopic (exact) mass is 299 g/mol. The van der Waals surface area contributed by atoms with Gasteiger partial charge in [-0.15, -0.1) is 11.3 Å². The van der Waals surface area contributed by atoms with Gasteiger partial charge in [-0.1, -0.05) is 19.6 Å². The first-order valence-corrected chi connectivity index (χ1v) is 7.58. The summed E-state index contributed by atoms with van der Waals surface area (Å²) in [6.07, 6.45) is 0. The minimum absolute atomic E-state index is 0.0426. The fourth-order valence-electron chi connectivity index (χ4n) is 2.08. The molecule has 5 heteroatoms. The average molecular weight is 299 g/mol. The maximum absolute atomic E-state index is 12.2. The minimum atomic E-state index is -0.0426. The summed E-state index contributed by atoms with van der Waals surface area (Å²) in [4.78, 5) is 9.11. The van der Waals surface area contributed by atoms with Gasteiger partial charge in [-0.05, 0) is 29.5 Å². The van der Waals surface area contributed by atoms with Crippen molar-refractivity contribution in [3.63, 3.8) is 0 Å². The van der Waals surface area contributed by atoms with Gasteiger partial charge in [-0.3, -0.25) is 0 Å².